The first-order valence-electron chi connectivity index (χ1n) is 11.8. The van der Waals surface area contributed by atoms with Crippen molar-refractivity contribution >= 4 is 50.6 Å². The molecule has 0 saturated heterocycles. The molecule has 36 heavy (non-hydrogen) atoms. The number of thiophene rings is 1. The summed E-state index contributed by atoms with van der Waals surface area (Å²) in [5.74, 6) is 0.577. The molecule has 9 nitrogen and oxygen atoms in total. The Morgan fingerprint density at radius 1 is 1.11 bits per heavy atom. The lowest BCUT2D eigenvalue weighted by Crippen LogP contribution is -2.37. The van der Waals surface area contributed by atoms with E-state index in [9.17, 15) is 15.0 Å². The summed E-state index contributed by atoms with van der Waals surface area (Å²) in [5.41, 5.74) is 2.42. The fourth-order valence-electron chi connectivity index (χ4n) is 4.49. The second kappa shape index (κ2) is 10.5. The van der Waals surface area contributed by atoms with Gasteiger partial charge in [-0.3, -0.25) is 4.79 Å². The fraction of sp³-hybridized carbons (Fsp3) is 0.360. The molecular weight excluding hydrogens is 496 g/mol. The first kappa shape index (κ1) is 24.6. The molecule has 0 bridgehead atoms. The standard InChI is InChI=1S/C25H28N6O3S2/c1-13-20(24-30-17-7-3-4-8-19(17)36-24)23(31-25(28-13)27-12-16-6-5-9-35-16)29-18-10-15(11-26-14(2)32)21(33)22(18)34/h3-9,15,18,21-22,33-34H,10-12H2,1-2H3,(H,26,32)(H2,27,28,29,31). The SMILES string of the molecule is CC(=O)NCC1CC(Nc2nc(NCc3cccs3)nc(C)c2-c2nc3ccccc3s2)C(O)C1O. The molecule has 3 aromatic heterocycles. The van der Waals surface area contributed by atoms with Crippen LogP contribution in [0.3, 0.4) is 0 Å². The van der Waals surface area contributed by atoms with Crippen LogP contribution < -0.4 is 16.0 Å². The zero-order valence-electron chi connectivity index (χ0n) is 19.9. The molecule has 188 valence electrons. The number of para-hydroxylation sites is 1. The van der Waals surface area contributed by atoms with Crippen molar-refractivity contribution in [3.63, 3.8) is 0 Å². The van der Waals surface area contributed by atoms with E-state index in [1.165, 1.54) is 6.92 Å². The maximum Gasteiger partial charge on any atom is 0.225 e. The Kier molecular flexibility index (Phi) is 7.15. The van der Waals surface area contributed by atoms with E-state index in [0.29, 0.717) is 31.3 Å². The molecule has 5 rings (SSSR count). The van der Waals surface area contributed by atoms with Crippen molar-refractivity contribution in [1.29, 1.82) is 0 Å². The predicted molar refractivity (Wildman–Crippen MR) is 143 cm³/mol. The number of hydrogen-bond acceptors (Lipinski definition) is 10. The Morgan fingerprint density at radius 2 is 1.94 bits per heavy atom. The molecule has 0 spiro atoms. The number of hydrogen-bond donors (Lipinski definition) is 5. The normalized spacial score (nSPS) is 21.6. The van der Waals surface area contributed by atoms with Gasteiger partial charge < -0.3 is 26.2 Å². The third-order valence-electron chi connectivity index (χ3n) is 6.34. The number of aliphatic hydroxyl groups is 2. The number of thiazole rings is 1. The van der Waals surface area contributed by atoms with Gasteiger partial charge >= 0.3 is 0 Å². The van der Waals surface area contributed by atoms with E-state index < -0.39 is 18.2 Å². The Balaban J connectivity index is 1.47. The summed E-state index contributed by atoms with van der Waals surface area (Å²) in [6.45, 7) is 4.25. The van der Waals surface area contributed by atoms with Crippen LogP contribution in [-0.4, -0.2) is 55.9 Å². The Morgan fingerprint density at radius 3 is 2.69 bits per heavy atom. The number of carbonyl (C=O) groups is 1. The Labute approximate surface area is 216 Å². The summed E-state index contributed by atoms with van der Waals surface area (Å²) in [6.07, 6.45) is -1.49. The van der Waals surface area contributed by atoms with E-state index >= 15 is 0 Å². The number of benzene rings is 1. The highest BCUT2D eigenvalue weighted by atomic mass is 32.1. The van der Waals surface area contributed by atoms with Crippen LogP contribution >= 0.6 is 22.7 Å². The van der Waals surface area contributed by atoms with E-state index in [4.69, 9.17) is 15.0 Å². The Hall–Kier alpha value is -3.12. The van der Waals surface area contributed by atoms with Crippen LogP contribution in [0, 0.1) is 12.8 Å². The number of aryl methyl sites for hydroxylation is 1. The van der Waals surface area contributed by atoms with Crippen molar-refractivity contribution < 1.29 is 15.0 Å². The minimum Gasteiger partial charge on any atom is -0.390 e. The van der Waals surface area contributed by atoms with Gasteiger partial charge in [0.2, 0.25) is 11.9 Å². The van der Waals surface area contributed by atoms with Gasteiger partial charge in [0.05, 0.1) is 40.2 Å². The molecule has 4 atom stereocenters. The molecule has 4 unspecified atom stereocenters. The van der Waals surface area contributed by atoms with Crippen LogP contribution in [0.2, 0.25) is 0 Å². The lowest BCUT2D eigenvalue weighted by molar-refractivity contribution is -0.119. The van der Waals surface area contributed by atoms with Crippen molar-refractivity contribution in [2.75, 3.05) is 17.2 Å². The van der Waals surface area contributed by atoms with Gasteiger partial charge in [-0.2, -0.15) is 4.98 Å². The van der Waals surface area contributed by atoms with Gasteiger partial charge in [0.25, 0.3) is 0 Å². The summed E-state index contributed by atoms with van der Waals surface area (Å²) in [4.78, 5) is 26.8. The van der Waals surface area contributed by atoms with Crippen LogP contribution in [-0.2, 0) is 11.3 Å². The number of anilines is 2. The number of carbonyl (C=O) groups excluding carboxylic acids is 1. The van der Waals surface area contributed by atoms with E-state index in [0.717, 1.165) is 31.4 Å². The highest BCUT2D eigenvalue weighted by molar-refractivity contribution is 7.21. The van der Waals surface area contributed by atoms with Crippen molar-refractivity contribution in [1.82, 2.24) is 20.3 Å². The van der Waals surface area contributed by atoms with Crippen molar-refractivity contribution in [2.45, 2.75) is 45.1 Å². The largest absolute Gasteiger partial charge is 0.390 e. The molecule has 1 aliphatic rings. The maximum absolute atomic E-state index is 11.4. The van der Waals surface area contributed by atoms with Crippen LogP contribution in [0.15, 0.2) is 41.8 Å². The van der Waals surface area contributed by atoms with Gasteiger partial charge in [-0.05, 0) is 36.9 Å². The van der Waals surface area contributed by atoms with Crippen LogP contribution in [0.25, 0.3) is 20.8 Å². The molecule has 0 aliphatic heterocycles. The second-order valence-corrected chi connectivity index (χ2v) is 11.0. The molecule has 1 saturated carbocycles. The first-order chi connectivity index (χ1) is 17.4. The smallest absolute Gasteiger partial charge is 0.225 e. The Bertz CT molecular complexity index is 1330. The molecule has 1 aromatic carbocycles. The summed E-state index contributed by atoms with van der Waals surface area (Å²) in [5, 5.41) is 33.6. The summed E-state index contributed by atoms with van der Waals surface area (Å²) in [6, 6.07) is 11.5. The average molecular weight is 525 g/mol. The van der Waals surface area contributed by atoms with Gasteiger partial charge in [-0.25, -0.2) is 9.97 Å². The molecule has 5 N–H and O–H groups in total. The highest BCUT2D eigenvalue weighted by Gasteiger charge is 2.42. The third kappa shape index (κ3) is 5.19. The van der Waals surface area contributed by atoms with Gasteiger partial charge in [-0.15, -0.1) is 22.7 Å². The van der Waals surface area contributed by atoms with Gasteiger partial charge in [0.15, 0.2) is 0 Å². The van der Waals surface area contributed by atoms with Crippen LogP contribution in [0.1, 0.15) is 23.9 Å². The summed E-state index contributed by atoms with van der Waals surface area (Å²) >= 11 is 3.21. The lowest BCUT2D eigenvalue weighted by atomic mass is 10.1. The number of nitrogens with one attached hydrogen (secondary N) is 3. The number of rotatable bonds is 8. The monoisotopic (exact) mass is 524 g/mol. The summed E-state index contributed by atoms with van der Waals surface area (Å²) < 4.78 is 1.06. The number of fused-ring (bicyclic) bond motifs is 1. The number of aliphatic hydroxyl groups excluding tert-OH is 2. The topological polar surface area (TPSA) is 132 Å². The molecule has 11 heteroatoms. The van der Waals surface area contributed by atoms with E-state index in [1.54, 1.807) is 22.7 Å². The molecule has 3 heterocycles. The van der Waals surface area contributed by atoms with E-state index in [1.807, 2.05) is 48.7 Å². The quantitative estimate of drug-likeness (QED) is 0.237. The zero-order chi connectivity index (χ0) is 25.2. The first-order valence-corrected chi connectivity index (χ1v) is 13.5. The van der Waals surface area contributed by atoms with E-state index in [-0.39, 0.29) is 11.8 Å². The molecular formula is C25H28N6O3S2. The predicted octanol–water partition coefficient (Wildman–Crippen LogP) is 3.39. The molecule has 1 amide bonds. The van der Waals surface area contributed by atoms with Crippen molar-refractivity contribution in [3.8, 4) is 10.6 Å². The fourth-order valence-corrected chi connectivity index (χ4v) is 6.20. The zero-order valence-corrected chi connectivity index (χ0v) is 21.6. The third-order valence-corrected chi connectivity index (χ3v) is 8.27. The minimum absolute atomic E-state index is 0.167. The highest BCUT2D eigenvalue weighted by Crippen LogP contribution is 2.38. The van der Waals surface area contributed by atoms with E-state index in [2.05, 4.69) is 16.0 Å². The van der Waals surface area contributed by atoms with Crippen LogP contribution in [0.4, 0.5) is 11.8 Å². The molecule has 0 radical (unpaired) electrons. The minimum atomic E-state index is -1.01. The number of nitrogens with zero attached hydrogens (tertiary/aromatic N) is 3. The van der Waals surface area contributed by atoms with Crippen molar-refractivity contribution in [3.05, 3.63) is 52.3 Å². The van der Waals surface area contributed by atoms with Crippen molar-refractivity contribution in [2.24, 2.45) is 5.92 Å². The lowest BCUT2D eigenvalue weighted by Gasteiger charge is -2.21. The molecule has 1 fully saturated rings. The van der Waals surface area contributed by atoms with Gasteiger partial charge in [-0.1, -0.05) is 18.2 Å². The number of aromatic nitrogens is 3. The number of amides is 1. The maximum atomic E-state index is 11.4. The van der Waals surface area contributed by atoms with Gasteiger partial charge in [0, 0.05) is 24.3 Å². The summed E-state index contributed by atoms with van der Waals surface area (Å²) in [7, 11) is 0. The molecule has 4 aromatic rings. The average Bonchev–Trinajstić information content (AvgIpc) is 3.58. The second-order valence-electron chi connectivity index (χ2n) is 8.94. The van der Waals surface area contributed by atoms with Crippen LogP contribution in [0.5, 0.6) is 0 Å². The molecule has 1 aliphatic carbocycles. The van der Waals surface area contributed by atoms with Gasteiger partial charge in [0.1, 0.15) is 16.9 Å².